The van der Waals surface area contributed by atoms with Crippen molar-refractivity contribution in [3.63, 3.8) is 0 Å². The number of thiazole rings is 1. The Labute approximate surface area is 134 Å². The molecule has 2 aliphatic rings. The Kier molecular flexibility index (Phi) is 3.27. The van der Waals surface area contributed by atoms with Crippen LogP contribution >= 0.6 is 11.3 Å². The molecule has 3 atom stereocenters. The zero-order valence-corrected chi connectivity index (χ0v) is 13.3. The van der Waals surface area contributed by atoms with Gasteiger partial charge in [0.15, 0.2) is 0 Å². The van der Waals surface area contributed by atoms with Gasteiger partial charge in [0, 0.05) is 19.1 Å². The number of nitrogens with zero attached hydrogens (tertiary/aromatic N) is 2. The second-order valence-corrected chi connectivity index (χ2v) is 7.17. The Hall–Kier alpha value is -1.72. The maximum absolute atomic E-state index is 12.9. The first kappa shape index (κ1) is 13.9. The lowest BCUT2D eigenvalue weighted by Gasteiger charge is -2.26. The summed E-state index contributed by atoms with van der Waals surface area (Å²) in [5, 5.41) is 0. The lowest BCUT2D eigenvalue weighted by molar-refractivity contribution is 0.0708. The first-order chi connectivity index (χ1) is 10.7. The van der Waals surface area contributed by atoms with Gasteiger partial charge < -0.3 is 10.6 Å². The number of piperidine rings is 1. The quantitative estimate of drug-likeness (QED) is 0.947. The number of benzene rings is 1. The number of nitrogens with two attached hydrogens (primary N) is 1. The van der Waals surface area contributed by atoms with E-state index in [9.17, 15) is 4.79 Å². The lowest BCUT2D eigenvalue weighted by atomic mass is 10.1. The van der Waals surface area contributed by atoms with Crippen LogP contribution in [0.4, 0.5) is 0 Å². The van der Waals surface area contributed by atoms with Crippen LogP contribution in [0.5, 0.6) is 0 Å². The van der Waals surface area contributed by atoms with Gasteiger partial charge in [0.1, 0.15) is 5.69 Å². The molecule has 0 bridgehead atoms. The van der Waals surface area contributed by atoms with Crippen LogP contribution in [-0.4, -0.2) is 34.9 Å². The molecule has 2 N–H and O–H groups in total. The summed E-state index contributed by atoms with van der Waals surface area (Å²) in [4.78, 5) is 20.2. The smallest absolute Gasteiger partial charge is 0.274 e. The summed E-state index contributed by atoms with van der Waals surface area (Å²) in [6.07, 6.45) is 1.23. The van der Waals surface area contributed by atoms with E-state index < -0.39 is 0 Å². The molecule has 1 saturated heterocycles. The van der Waals surface area contributed by atoms with Gasteiger partial charge in [0.25, 0.3) is 5.91 Å². The molecule has 5 heteroatoms. The average Bonchev–Trinajstić information content (AvgIpc) is 2.99. The van der Waals surface area contributed by atoms with Gasteiger partial charge in [0.2, 0.25) is 0 Å². The third-order valence-electron chi connectivity index (χ3n) is 4.86. The minimum atomic E-state index is 0.0420. The molecule has 1 aliphatic heterocycles. The average molecular weight is 313 g/mol. The molecule has 1 saturated carbocycles. The van der Waals surface area contributed by atoms with E-state index in [1.54, 1.807) is 5.51 Å². The summed E-state index contributed by atoms with van der Waals surface area (Å²) in [7, 11) is 0. The van der Waals surface area contributed by atoms with Crippen LogP contribution in [0.3, 0.4) is 0 Å². The molecule has 0 unspecified atom stereocenters. The van der Waals surface area contributed by atoms with E-state index in [-0.39, 0.29) is 11.9 Å². The van der Waals surface area contributed by atoms with Crippen molar-refractivity contribution in [3.8, 4) is 10.4 Å². The van der Waals surface area contributed by atoms with E-state index in [4.69, 9.17) is 5.73 Å². The van der Waals surface area contributed by atoms with Crippen molar-refractivity contribution in [2.24, 2.45) is 17.6 Å². The van der Waals surface area contributed by atoms with E-state index in [0.29, 0.717) is 24.1 Å². The summed E-state index contributed by atoms with van der Waals surface area (Å²) in [5.74, 6) is 1.33. The molecule has 1 aromatic heterocycles. The maximum Gasteiger partial charge on any atom is 0.274 e. The third-order valence-corrected chi connectivity index (χ3v) is 5.73. The van der Waals surface area contributed by atoms with Gasteiger partial charge in [-0.15, -0.1) is 11.3 Å². The molecule has 22 heavy (non-hydrogen) atoms. The Morgan fingerprint density at radius 2 is 2.36 bits per heavy atom. The number of hydrogen-bond acceptors (Lipinski definition) is 4. The number of fused-ring (bicyclic) bond motifs is 1. The van der Waals surface area contributed by atoms with Gasteiger partial charge in [0.05, 0.1) is 10.4 Å². The van der Waals surface area contributed by atoms with Crippen LogP contribution < -0.4 is 5.73 Å². The van der Waals surface area contributed by atoms with E-state index in [0.717, 1.165) is 17.0 Å². The summed E-state index contributed by atoms with van der Waals surface area (Å²) >= 11 is 1.53. The number of likely N-dealkylation sites (tertiary alicyclic amines) is 1. The molecule has 2 aromatic rings. The molecule has 1 aromatic carbocycles. The Bertz CT molecular complexity index is 726. The van der Waals surface area contributed by atoms with E-state index in [1.165, 1.54) is 23.3 Å². The van der Waals surface area contributed by atoms with Crippen molar-refractivity contribution >= 4 is 17.2 Å². The molecule has 1 aliphatic carbocycles. The van der Waals surface area contributed by atoms with Crippen LogP contribution in [-0.2, 0) is 0 Å². The number of hydrogen-bond donors (Lipinski definition) is 1. The summed E-state index contributed by atoms with van der Waals surface area (Å²) in [6.45, 7) is 3.46. The second kappa shape index (κ2) is 5.18. The number of amides is 1. The van der Waals surface area contributed by atoms with E-state index in [2.05, 4.69) is 24.0 Å². The topological polar surface area (TPSA) is 59.2 Å². The van der Waals surface area contributed by atoms with Crippen molar-refractivity contribution in [1.82, 2.24) is 9.88 Å². The zero-order valence-electron chi connectivity index (χ0n) is 12.5. The predicted molar refractivity (Wildman–Crippen MR) is 87.8 cm³/mol. The second-order valence-electron chi connectivity index (χ2n) is 6.32. The molecule has 114 valence electrons. The van der Waals surface area contributed by atoms with Crippen LogP contribution in [0.15, 0.2) is 29.8 Å². The Morgan fingerprint density at radius 3 is 3.14 bits per heavy atom. The molecular weight excluding hydrogens is 294 g/mol. The standard InChI is InChI=1S/C17H19N3OS/c1-10-3-2-4-11(5-10)16-15(19-9-22-16)17(21)20-8-12-6-13(12)14(20)7-18/h2-5,9,12-14H,6-8,18H2,1H3/t12-,13-,14-/m1/s1. The minimum absolute atomic E-state index is 0.0420. The summed E-state index contributed by atoms with van der Waals surface area (Å²) in [5.41, 5.74) is 10.5. The fraction of sp³-hybridized carbons (Fsp3) is 0.412. The molecule has 4 rings (SSSR count). The molecule has 4 nitrogen and oxygen atoms in total. The van der Waals surface area contributed by atoms with Gasteiger partial charge >= 0.3 is 0 Å². The van der Waals surface area contributed by atoms with Crippen LogP contribution in [0, 0.1) is 18.8 Å². The number of aromatic nitrogens is 1. The van der Waals surface area contributed by atoms with E-state index >= 15 is 0 Å². The van der Waals surface area contributed by atoms with Crippen molar-refractivity contribution in [1.29, 1.82) is 0 Å². The molecule has 0 spiro atoms. The summed E-state index contributed by atoms with van der Waals surface area (Å²) < 4.78 is 0. The summed E-state index contributed by atoms with van der Waals surface area (Å²) in [6, 6.07) is 8.42. The molecule has 2 fully saturated rings. The highest BCUT2D eigenvalue weighted by Crippen LogP contribution is 2.49. The zero-order chi connectivity index (χ0) is 15.3. The van der Waals surface area contributed by atoms with E-state index in [1.807, 2.05) is 17.0 Å². The molecular formula is C17H19N3OS. The molecule has 2 heterocycles. The van der Waals surface area contributed by atoms with Crippen LogP contribution in [0.1, 0.15) is 22.5 Å². The Morgan fingerprint density at radius 1 is 1.50 bits per heavy atom. The van der Waals surface area contributed by atoms with Crippen molar-refractivity contribution in [3.05, 3.63) is 41.0 Å². The normalized spacial score (nSPS) is 26.1. The highest BCUT2D eigenvalue weighted by Gasteiger charge is 2.53. The molecule has 0 radical (unpaired) electrons. The largest absolute Gasteiger partial charge is 0.332 e. The van der Waals surface area contributed by atoms with Crippen molar-refractivity contribution in [2.75, 3.05) is 13.1 Å². The van der Waals surface area contributed by atoms with Gasteiger partial charge in [-0.3, -0.25) is 4.79 Å². The highest BCUT2D eigenvalue weighted by molar-refractivity contribution is 7.13. The van der Waals surface area contributed by atoms with Crippen LogP contribution in [0.2, 0.25) is 0 Å². The highest BCUT2D eigenvalue weighted by atomic mass is 32.1. The van der Waals surface area contributed by atoms with Gasteiger partial charge in [-0.2, -0.15) is 0 Å². The van der Waals surface area contributed by atoms with Crippen molar-refractivity contribution < 1.29 is 4.79 Å². The first-order valence-corrected chi connectivity index (χ1v) is 8.58. The Balaban J connectivity index is 1.66. The number of carbonyl (C=O) groups excluding carboxylic acids is 1. The van der Waals surface area contributed by atoms with Gasteiger partial charge in [-0.25, -0.2) is 4.98 Å². The third kappa shape index (κ3) is 2.16. The fourth-order valence-electron chi connectivity index (χ4n) is 3.63. The van der Waals surface area contributed by atoms with Gasteiger partial charge in [-0.05, 0) is 30.7 Å². The van der Waals surface area contributed by atoms with Crippen LogP contribution in [0.25, 0.3) is 10.4 Å². The first-order valence-electron chi connectivity index (χ1n) is 7.70. The monoisotopic (exact) mass is 313 g/mol. The predicted octanol–water partition coefficient (Wildman–Crippen LogP) is 2.54. The van der Waals surface area contributed by atoms with Crippen molar-refractivity contribution in [2.45, 2.75) is 19.4 Å². The minimum Gasteiger partial charge on any atom is -0.332 e. The fourth-order valence-corrected chi connectivity index (χ4v) is 4.41. The van der Waals surface area contributed by atoms with Gasteiger partial charge in [-0.1, -0.05) is 29.8 Å². The lowest BCUT2D eigenvalue weighted by Crippen LogP contribution is -2.43. The maximum atomic E-state index is 12.9. The molecule has 1 amide bonds. The SMILES string of the molecule is Cc1cccc(-c2scnc2C(=O)N2C[C@H]3C[C@H]3[C@H]2CN)c1. The number of carbonyl (C=O) groups is 1. The number of aryl methyl sites for hydroxylation is 1. The number of rotatable bonds is 3.